The summed E-state index contributed by atoms with van der Waals surface area (Å²) in [5.74, 6) is 1.73. The van der Waals surface area contributed by atoms with E-state index in [1.807, 2.05) is 24.3 Å². The van der Waals surface area contributed by atoms with Crippen LogP contribution in [0.2, 0.25) is 0 Å². The Morgan fingerprint density at radius 1 is 0.381 bits per heavy atom. The van der Waals surface area contributed by atoms with Gasteiger partial charge < -0.3 is 25.2 Å². The van der Waals surface area contributed by atoms with E-state index < -0.39 is 10.8 Å². The van der Waals surface area contributed by atoms with Crippen LogP contribution in [-0.4, -0.2) is 26.5 Å². The highest BCUT2D eigenvalue weighted by molar-refractivity contribution is 5.98. The van der Waals surface area contributed by atoms with Gasteiger partial charge in [0.2, 0.25) is 0 Å². The summed E-state index contributed by atoms with van der Waals surface area (Å²) in [4.78, 5) is 0. The van der Waals surface area contributed by atoms with Crippen molar-refractivity contribution in [2.24, 2.45) is 5.92 Å². The largest absolute Gasteiger partial charge is 0.508 e. The van der Waals surface area contributed by atoms with Crippen LogP contribution in [0.3, 0.4) is 0 Å². The van der Waals surface area contributed by atoms with Gasteiger partial charge in [-0.2, -0.15) is 0 Å². The van der Waals surface area contributed by atoms with Crippen LogP contribution < -0.4 is 4.74 Å². The number of hydrogen-bond donors (Lipinski definition) is 4. The molecule has 5 heteroatoms. The Labute approximate surface area is 365 Å². The number of fused-ring (bicyclic) bond motifs is 8. The van der Waals surface area contributed by atoms with Crippen LogP contribution in [0.5, 0.6) is 28.7 Å². The van der Waals surface area contributed by atoms with Crippen molar-refractivity contribution in [3.8, 4) is 51.0 Å². The van der Waals surface area contributed by atoms with Crippen molar-refractivity contribution in [3.63, 3.8) is 0 Å². The second-order valence-electron chi connectivity index (χ2n) is 17.6. The van der Waals surface area contributed by atoms with Crippen molar-refractivity contribution in [2.75, 3.05) is 0 Å². The Kier molecular flexibility index (Phi) is 8.29. The molecule has 4 N–H and O–H groups in total. The van der Waals surface area contributed by atoms with Gasteiger partial charge >= 0.3 is 0 Å². The van der Waals surface area contributed by atoms with Crippen molar-refractivity contribution in [3.05, 3.63) is 221 Å². The van der Waals surface area contributed by atoms with E-state index >= 15 is 0 Å². The number of rotatable bonds is 6. The van der Waals surface area contributed by atoms with Gasteiger partial charge in [0.25, 0.3) is 0 Å². The minimum atomic E-state index is -0.735. The molecule has 0 amide bonds. The van der Waals surface area contributed by atoms with Gasteiger partial charge in [-0.1, -0.05) is 121 Å². The predicted molar refractivity (Wildman–Crippen MR) is 250 cm³/mol. The molecule has 5 nitrogen and oxygen atoms in total. The highest BCUT2D eigenvalue weighted by Gasteiger charge is 2.52. The van der Waals surface area contributed by atoms with Crippen molar-refractivity contribution in [1.82, 2.24) is 0 Å². The Bertz CT molecular complexity index is 3190. The molecule has 3 aliphatic rings. The van der Waals surface area contributed by atoms with E-state index in [0.29, 0.717) is 5.39 Å². The summed E-state index contributed by atoms with van der Waals surface area (Å²) in [5.41, 5.74) is 11.5. The molecule has 9 aromatic carbocycles. The minimum Gasteiger partial charge on any atom is -0.508 e. The van der Waals surface area contributed by atoms with E-state index in [9.17, 15) is 20.4 Å². The van der Waals surface area contributed by atoms with E-state index in [4.69, 9.17) is 4.74 Å². The van der Waals surface area contributed by atoms with Crippen molar-refractivity contribution < 1.29 is 25.2 Å². The number of phenolic OH excluding ortho intramolecular Hbond substituents is 4. The van der Waals surface area contributed by atoms with Gasteiger partial charge in [0.1, 0.15) is 28.7 Å². The Morgan fingerprint density at radius 2 is 0.825 bits per heavy atom. The van der Waals surface area contributed by atoms with Crippen molar-refractivity contribution >= 4 is 21.5 Å². The van der Waals surface area contributed by atoms with Crippen LogP contribution in [0.4, 0.5) is 0 Å². The lowest BCUT2D eigenvalue weighted by Crippen LogP contribution is -2.40. The number of benzene rings is 9. The average Bonchev–Trinajstić information content (AvgIpc) is 3.78. The minimum absolute atomic E-state index is 0.0163. The summed E-state index contributed by atoms with van der Waals surface area (Å²) < 4.78 is 6.91. The van der Waals surface area contributed by atoms with Gasteiger partial charge in [-0.3, -0.25) is 0 Å². The first-order valence-electron chi connectivity index (χ1n) is 21.9. The maximum Gasteiger partial charge on any atom is 0.123 e. The summed E-state index contributed by atoms with van der Waals surface area (Å²) in [6.45, 7) is 0. The molecule has 9 aromatic rings. The quantitative estimate of drug-likeness (QED) is 0.134. The van der Waals surface area contributed by atoms with Gasteiger partial charge in [0, 0.05) is 16.2 Å². The molecule has 63 heavy (non-hydrogen) atoms. The molecule has 0 bridgehead atoms. The lowest BCUT2D eigenvalue weighted by Gasteiger charge is -2.44. The normalized spacial score (nSPS) is 17.8. The molecule has 0 aliphatic heterocycles. The first-order valence-corrected chi connectivity index (χ1v) is 21.9. The summed E-state index contributed by atoms with van der Waals surface area (Å²) in [7, 11) is 0. The van der Waals surface area contributed by atoms with Gasteiger partial charge in [0.05, 0.1) is 11.5 Å². The molecule has 0 saturated heterocycles. The molecular weight excluding hydrogens is 777 g/mol. The van der Waals surface area contributed by atoms with E-state index in [1.165, 1.54) is 22.3 Å². The zero-order chi connectivity index (χ0) is 42.5. The lowest BCUT2D eigenvalue weighted by atomic mass is 9.59. The Hall–Kier alpha value is -7.50. The topological polar surface area (TPSA) is 90.2 Å². The smallest absolute Gasteiger partial charge is 0.123 e. The highest BCUT2D eigenvalue weighted by Crippen LogP contribution is 2.61. The number of aromatic hydroxyl groups is 4. The number of phenols is 4. The zero-order valence-corrected chi connectivity index (χ0v) is 34.5. The van der Waals surface area contributed by atoms with Gasteiger partial charge in [-0.15, -0.1) is 0 Å². The Balaban J connectivity index is 0.916. The monoisotopic (exact) mass is 820 g/mol. The lowest BCUT2D eigenvalue weighted by molar-refractivity contribution is 0.116. The average molecular weight is 821 g/mol. The number of hydrogen-bond acceptors (Lipinski definition) is 5. The molecule has 0 spiro atoms. The molecule has 1 saturated carbocycles. The van der Waals surface area contributed by atoms with Crippen molar-refractivity contribution in [2.45, 2.75) is 42.6 Å². The Morgan fingerprint density at radius 3 is 1.35 bits per heavy atom. The van der Waals surface area contributed by atoms with Crippen LogP contribution in [0.1, 0.15) is 64.6 Å². The second kappa shape index (κ2) is 14.0. The van der Waals surface area contributed by atoms with Gasteiger partial charge in [-0.05, 0) is 164 Å². The van der Waals surface area contributed by atoms with E-state index in [1.54, 1.807) is 30.3 Å². The van der Waals surface area contributed by atoms with Gasteiger partial charge in [0.15, 0.2) is 0 Å². The molecule has 1 fully saturated rings. The van der Waals surface area contributed by atoms with E-state index in [2.05, 4.69) is 127 Å². The van der Waals surface area contributed by atoms with Crippen LogP contribution in [0, 0.1) is 5.92 Å². The molecule has 0 unspecified atom stereocenters. The van der Waals surface area contributed by atoms with Crippen LogP contribution in [0.25, 0.3) is 43.8 Å². The third-order valence-corrected chi connectivity index (χ3v) is 14.6. The molecular formula is C58H44O5. The molecule has 0 atom stereocenters. The van der Waals surface area contributed by atoms with Crippen LogP contribution in [-0.2, 0) is 10.8 Å². The summed E-state index contributed by atoms with van der Waals surface area (Å²) in [6.07, 6.45) is 3.59. The summed E-state index contributed by atoms with van der Waals surface area (Å²) in [5, 5.41) is 46.8. The SMILES string of the molecule is Oc1ccc2c(O)ccc(C3(c4ccc(OC5CCC(C6(c7ccc(O)c8ccc(O)cc78)c7ccccc7-c7ccccc76)CC5)cc4)c4ccccc4-c4ccccc43)c2c1. The molecule has 0 heterocycles. The molecule has 12 rings (SSSR count). The first-order chi connectivity index (χ1) is 30.9. The fourth-order valence-corrected chi connectivity index (χ4v) is 12.1. The molecule has 306 valence electrons. The zero-order valence-electron chi connectivity index (χ0n) is 34.5. The predicted octanol–water partition coefficient (Wildman–Crippen LogP) is 13.1. The molecule has 3 aliphatic carbocycles. The highest BCUT2D eigenvalue weighted by atomic mass is 16.5. The first kappa shape index (κ1) is 37.3. The maximum atomic E-state index is 11.1. The third kappa shape index (κ3) is 5.29. The summed E-state index contributed by atoms with van der Waals surface area (Å²) >= 11 is 0. The number of ether oxygens (including phenoxy) is 1. The fraction of sp³-hybridized carbons (Fsp3) is 0.138. The fourth-order valence-electron chi connectivity index (χ4n) is 12.1. The van der Waals surface area contributed by atoms with Crippen LogP contribution >= 0.6 is 0 Å². The molecule has 0 aromatic heterocycles. The standard InChI is InChI=1S/C58H44O5/c59-37-21-27-45-47(33-37)53(29-31-55(45)61)57(49-13-5-1-9-41(49)42-10-2-6-14-50(42)57)35-17-23-39(24-18-35)63-40-25-19-36(20-26-40)58(54-30-32-56(62)46-28-22-38(60)34-48(46)54)51-15-7-3-11-43(51)44-12-4-8-16-52(44)58/h1-18,21-24,27-34,36,40,59-62H,19-20,25-26H2. The molecule has 0 radical (unpaired) electrons. The van der Waals surface area contributed by atoms with Crippen LogP contribution in [0.15, 0.2) is 182 Å². The maximum absolute atomic E-state index is 11.1. The van der Waals surface area contributed by atoms with Gasteiger partial charge in [-0.25, -0.2) is 0 Å². The van der Waals surface area contributed by atoms with Crippen molar-refractivity contribution in [1.29, 1.82) is 0 Å². The van der Waals surface area contributed by atoms with E-state index in [-0.39, 0.29) is 35.0 Å². The second-order valence-corrected chi connectivity index (χ2v) is 17.6. The third-order valence-electron chi connectivity index (χ3n) is 14.6. The summed E-state index contributed by atoms with van der Waals surface area (Å²) in [6, 6.07) is 61.4. The van der Waals surface area contributed by atoms with E-state index in [0.717, 1.165) is 86.5 Å².